The number of anilines is 1. The van der Waals surface area contributed by atoms with Crippen LogP contribution in [0, 0.1) is 6.92 Å². The lowest BCUT2D eigenvalue weighted by molar-refractivity contribution is 0.00219. The minimum absolute atomic E-state index is 0.0377. The summed E-state index contributed by atoms with van der Waals surface area (Å²) in [6, 6.07) is 8.20. The van der Waals surface area contributed by atoms with Gasteiger partial charge in [-0.1, -0.05) is 43.9 Å². The summed E-state index contributed by atoms with van der Waals surface area (Å²) in [6.07, 6.45) is 8.73. The molecule has 1 aliphatic rings. The minimum atomic E-state index is -4.66. The molecule has 2 aromatic rings. The van der Waals surface area contributed by atoms with Gasteiger partial charge in [0.25, 0.3) is 40.5 Å². The largest absolute Gasteiger partial charge is 0.382 e. The van der Waals surface area contributed by atoms with E-state index in [-0.39, 0.29) is 43.9 Å². The van der Waals surface area contributed by atoms with Crippen molar-refractivity contribution >= 4 is 46.2 Å². The summed E-state index contributed by atoms with van der Waals surface area (Å²) in [5, 5.41) is 0. The van der Waals surface area contributed by atoms with E-state index in [1.54, 1.807) is 62.3 Å². The monoisotopic (exact) mass is 935 g/mol. The van der Waals surface area contributed by atoms with Crippen molar-refractivity contribution in [3.05, 3.63) is 101 Å². The Kier molecular flexibility index (Phi) is 19.1. The summed E-state index contributed by atoms with van der Waals surface area (Å²) in [6.45, 7) is 12.3. The highest BCUT2D eigenvalue weighted by Crippen LogP contribution is 2.51. The van der Waals surface area contributed by atoms with Crippen molar-refractivity contribution < 1.29 is 70.8 Å². The molecule has 1 heterocycles. The molecule has 2 aromatic carbocycles. The van der Waals surface area contributed by atoms with Crippen LogP contribution in [-0.2, 0) is 70.2 Å². The lowest BCUT2D eigenvalue weighted by Gasteiger charge is -2.33. The SMILES string of the molecule is C=C(/C=C/C=C/C=C1/N(CCCS(=O)(=O)O)c2ccc(S(=O)(=O)O)cc2C1(C)CCCS(=O)(=O)O)C(C)(CCOCCOCCOCCOC)c1cc(S(=O)(=O)O)ccc1C. The maximum Gasteiger partial charge on any atom is 0.294 e. The van der Waals surface area contributed by atoms with E-state index in [9.17, 15) is 51.9 Å². The molecular formula is C40H57NO16S4. The van der Waals surface area contributed by atoms with E-state index in [1.807, 2.05) is 6.92 Å². The Bertz CT molecular complexity index is 2380. The van der Waals surface area contributed by atoms with Gasteiger partial charge in [0.2, 0.25) is 0 Å². The van der Waals surface area contributed by atoms with Gasteiger partial charge >= 0.3 is 0 Å². The van der Waals surface area contributed by atoms with Crippen LogP contribution < -0.4 is 4.90 Å². The lowest BCUT2D eigenvalue weighted by Crippen LogP contribution is -2.30. The second kappa shape index (κ2) is 22.3. The van der Waals surface area contributed by atoms with Gasteiger partial charge in [-0.3, -0.25) is 18.2 Å². The molecular weight excluding hydrogens is 879 g/mol. The fourth-order valence-corrected chi connectivity index (χ4v) is 9.08. The van der Waals surface area contributed by atoms with E-state index in [0.29, 0.717) is 67.5 Å². The number of benzene rings is 2. The van der Waals surface area contributed by atoms with Gasteiger partial charge in [-0.05, 0) is 98.2 Å². The quantitative estimate of drug-likeness (QED) is 0.0516. The number of ether oxygens (including phenoxy) is 4. The molecule has 342 valence electrons. The van der Waals surface area contributed by atoms with Gasteiger partial charge in [0, 0.05) is 42.5 Å². The molecule has 0 radical (unpaired) electrons. The number of methoxy groups -OCH3 is 1. The topological polar surface area (TPSA) is 258 Å². The van der Waals surface area contributed by atoms with E-state index in [4.69, 9.17) is 18.9 Å². The van der Waals surface area contributed by atoms with Crippen LogP contribution in [0.15, 0.2) is 94.4 Å². The van der Waals surface area contributed by atoms with Gasteiger partial charge in [0.1, 0.15) is 0 Å². The number of aryl methyl sites for hydroxylation is 1. The lowest BCUT2D eigenvalue weighted by atomic mass is 9.72. The van der Waals surface area contributed by atoms with Crippen molar-refractivity contribution in [1.82, 2.24) is 0 Å². The van der Waals surface area contributed by atoms with Crippen molar-refractivity contribution in [3.8, 4) is 0 Å². The first-order valence-corrected chi connectivity index (χ1v) is 25.3. The van der Waals surface area contributed by atoms with Crippen LogP contribution in [0.4, 0.5) is 5.69 Å². The summed E-state index contributed by atoms with van der Waals surface area (Å²) >= 11 is 0. The maximum absolute atomic E-state index is 12.2. The van der Waals surface area contributed by atoms with Gasteiger partial charge in [0.05, 0.1) is 60.9 Å². The van der Waals surface area contributed by atoms with E-state index >= 15 is 0 Å². The normalized spacial score (nSPS) is 18.0. The molecule has 0 spiro atoms. The van der Waals surface area contributed by atoms with E-state index in [2.05, 4.69) is 6.58 Å². The molecule has 2 unspecified atom stereocenters. The molecule has 0 amide bonds. The first-order chi connectivity index (χ1) is 28.3. The average Bonchev–Trinajstić information content (AvgIpc) is 3.37. The van der Waals surface area contributed by atoms with Gasteiger partial charge in [-0.25, -0.2) is 0 Å². The number of allylic oxidation sites excluding steroid dienone is 7. The van der Waals surface area contributed by atoms with E-state index in [1.165, 1.54) is 30.3 Å². The van der Waals surface area contributed by atoms with Gasteiger partial charge < -0.3 is 23.8 Å². The van der Waals surface area contributed by atoms with Crippen LogP contribution in [-0.4, -0.2) is 123 Å². The summed E-state index contributed by atoms with van der Waals surface area (Å²) in [5.74, 6) is -1.17. The van der Waals surface area contributed by atoms with Crippen molar-refractivity contribution in [1.29, 1.82) is 0 Å². The van der Waals surface area contributed by atoms with Crippen LogP contribution >= 0.6 is 0 Å². The third-order valence-electron chi connectivity index (χ3n) is 10.4. The molecule has 2 atom stereocenters. The minimum Gasteiger partial charge on any atom is -0.382 e. The molecule has 0 bridgehead atoms. The maximum atomic E-state index is 12.2. The molecule has 1 aliphatic heterocycles. The van der Waals surface area contributed by atoms with Crippen LogP contribution in [0.2, 0.25) is 0 Å². The van der Waals surface area contributed by atoms with E-state index in [0.717, 1.165) is 5.56 Å². The van der Waals surface area contributed by atoms with Gasteiger partial charge in [0.15, 0.2) is 0 Å². The van der Waals surface area contributed by atoms with Crippen LogP contribution in [0.1, 0.15) is 56.2 Å². The Morgan fingerprint density at radius 3 is 1.87 bits per heavy atom. The zero-order valence-corrected chi connectivity index (χ0v) is 38.0. The number of hydrogen-bond donors (Lipinski definition) is 4. The Labute approximate surface area is 360 Å². The third-order valence-corrected chi connectivity index (χ3v) is 13.7. The standard InChI is InChI=1S/C40H57NO16S4/c1-31-13-14-33(60(48,49)50)29-35(31)39(3,18-20-55-23-24-57-26-25-56-22-21-54-5)32(2)11-7-6-8-12-38-40(4,17-9-27-58(42,43)44)36-30-34(61(51,52)53)15-16-37(36)41(38)19-10-28-59(45,46)47/h6-8,11-16,29-30H,2,9-10,17-28H2,1,3-5H3,(H,42,43,44)(H,45,46,47)(H,48,49,50)(H,51,52,53)/b8-6+,11-7+,38-12+. The molecule has 0 saturated carbocycles. The summed E-state index contributed by atoms with van der Waals surface area (Å²) in [7, 11) is -16.3. The van der Waals surface area contributed by atoms with E-state index < -0.39 is 67.7 Å². The van der Waals surface area contributed by atoms with Gasteiger partial charge in [-0.2, -0.15) is 33.7 Å². The highest BCUT2D eigenvalue weighted by Gasteiger charge is 2.44. The second-order valence-corrected chi connectivity index (χ2v) is 20.8. The second-order valence-electron chi connectivity index (χ2n) is 14.9. The first-order valence-electron chi connectivity index (χ1n) is 19.2. The van der Waals surface area contributed by atoms with Crippen LogP contribution in [0.5, 0.6) is 0 Å². The number of nitrogens with zero attached hydrogens (tertiary/aromatic N) is 1. The zero-order chi connectivity index (χ0) is 45.7. The molecule has 0 fully saturated rings. The molecule has 21 heteroatoms. The molecule has 0 saturated heterocycles. The van der Waals surface area contributed by atoms with Crippen molar-refractivity contribution in [2.45, 2.75) is 67.1 Å². The number of fused-ring (bicyclic) bond motifs is 1. The predicted octanol–water partition coefficient (Wildman–Crippen LogP) is 5.11. The highest BCUT2D eigenvalue weighted by molar-refractivity contribution is 7.86. The van der Waals surface area contributed by atoms with Crippen molar-refractivity contribution in [2.75, 3.05) is 76.3 Å². The molecule has 61 heavy (non-hydrogen) atoms. The Hall–Kier alpha value is -3.32. The third kappa shape index (κ3) is 15.8. The molecule has 0 aliphatic carbocycles. The van der Waals surface area contributed by atoms with Crippen molar-refractivity contribution in [2.24, 2.45) is 0 Å². The Morgan fingerprint density at radius 2 is 1.30 bits per heavy atom. The summed E-state index contributed by atoms with van der Waals surface area (Å²) < 4.78 is 156. The van der Waals surface area contributed by atoms with Crippen molar-refractivity contribution in [3.63, 3.8) is 0 Å². The first kappa shape index (κ1) is 52.0. The molecule has 0 aromatic heterocycles. The molecule has 17 nitrogen and oxygen atoms in total. The van der Waals surface area contributed by atoms with Crippen LogP contribution in [0.25, 0.3) is 0 Å². The Balaban J connectivity index is 1.97. The molecule has 4 N–H and O–H groups in total. The Morgan fingerprint density at radius 1 is 0.754 bits per heavy atom. The zero-order valence-electron chi connectivity index (χ0n) is 34.7. The fraction of sp³-hybridized carbons (Fsp3) is 0.500. The van der Waals surface area contributed by atoms with Gasteiger partial charge in [-0.15, -0.1) is 0 Å². The summed E-state index contributed by atoms with van der Waals surface area (Å²) in [4.78, 5) is 1.02. The number of rotatable bonds is 27. The number of hydrogen-bond acceptors (Lipinski definition) is 13. The predicted molar refractivity (Wildman–Crippen MR) is 230 cm³/mol. The average molecular weight is 936 g/mol. The smallest absolute Gasteiger partial charge is 0.294 e. The highest BCUT2D eigenvalue weighted by atomic mass is 32.2. The fourth-order valence-electron chi connectivity index (χ4n) is 7.06. The van der Waals surface area contributed by atoms with Crippen LogP contribution in [0.3, 0.4) is 0 Å². The molecule has 3 rings (SSSR count). The summed E-state index contributed by atoms with van der Waals surface area (Å²) in [5.41, 5.74) is 1.22.